The second-order valence-corrected chi connectivity index (χ2v) is 17.6. The summed E-state index contributed by atoms with van der Waals surface area (Å²) in [5.41, 5.74) is 0. The van der Waals surface area contributed by atoms with Gasteiger partial charge in [-0.3, -0.25) is 14.4 Å². The standard InChI is InChI=1S/C63H98O6/c1-4-7-10-13-16-19-22-25-28-30-31-33-35-38-41-44-47-50-53-56-62(65)68-59-60(58-67-61(64)55-52-49-46-43-40-37-34-27-24-21-18-15-12-9-6-3)69-63(66)57-54-51-48-45-42-39-36-32-29-26-23-20-17-14-11-8-5-2/h7-8,10-11,13,16-17,19-20,22,25-26,28-31,33,35-36,38-39,41,45,48,60H,4-6,9,12,14-15,18,21,23-24,27,32,34,37,40,42-44,46-47,49-59H2,1-3H3/b10-7-,11-8-,16-13-,20-17-,22-19-,28-25-,29-26-,31-30+,35-33-,39-36-,41-38-,48-45-. The number of hydrogen-bond donors (Lipinski definition) is 0. The zero-order valence-corrected chi connectivity index (χ0v) is 44.0. The maximum absolute atomic E-state index is 12.8. The van der Waals surface area contributed by atoms with Crippen LogP contribution in [-0.2, 0) is 28.6 Å². The van der Waals surface area contributed by atoms with Gasteiger partial charge in [-0.25, -0.2) is 0 Å². The molecule has 0 radical (unpaired) electrons. The quantitative estimate of drug-likeness (QED) is 0.0199. The molecule has 0 spiro atoms. The molecule has 6 nitrogen and oxygen atoms in total. The van der Waals surface area contributed by atoms with E-state index in [1.165, 1.54) is 77.0 Å². The van der Waals surface area contributed by atoms with E-state index in [2.05, 4.69) is 93.7 Å². The van der Waals surface area contributed by atoms with Gasteiger partial charge in [-0.05, 0) is 77.0 Å². The molecular weight excluding hydrogens is 853 g/mol. The van der Waals surface area contributed by atoms with Crippen molar-refractivity contribution < 1.29 is 28.6 Å². The van der Waals surface area contributed by atoms with Crippen LogP contribution in [0, 0.1) is 0 Å². The summed E-state index contributed by atoms with van der Waals surface area (Å²) in [4.78, 5) is 38.1. The van der Waals surface area contributed by atoms with E-state index < -0.39 is 6.10 Å². The fourth-order valence-corrected chi connectivity index (χ4v) is 6.99. The highest BCUT2D eigenvalue weighted by molar-refractivity contribution is 5.71. The molecule has 0 N–H and O–H groups in total. The number of unbranched alkanes of at least 4 members (excludes halogenated alkanes) is 18. The van der Waals surface area contributed by atoms with Crippen LogP contribution in [0.15, 0.2) is 146 Å². The van der Waals surface area contributed by atoms with E-state index >= 15 is 0 Å². The predicted octanol–water partition coefficient (Wildman–Crippen LogP) is 18.4. The van der Waals surface area contributed by atoms with Crippen molar-refractivity contribution in [1.82, 2.24) is 0 Å². The summed E-state index contributed by atoms with van der Waals surface area (Å²) in [6, 6.07) is 0. The Kier molecular flexibility index (Phi) is 52.1. The van der Waals surface area contributed by atoms with E-state index in [1.807, 2.05) is 72.9 Å². The van der Waals surface area contributed by atoms with Crippen molar-refractivity contribution in [3.63, 3.8) is 0 Å². The molecule has 6 heteroatoms. The lowest BCUT2D eigenvalue weighted by Gasteiger charge is -2.18. The molecule has 69 heavy (non-hydrogen) atoms. The van der Waals surface area contributed by atoms with Crippen LogP contribution in [0.1, 0.15) is 213 Å². The molecular formula is C63H98O6. The molecule has 0 saturated carbocycles. The molecule has 0 bridgehead atoms. The minimum absolute atomic E-state index is 0.120. The molecule has 0 aliphatic heterocycles. The van der Waals surface area contributed by atoms with Crippen molar-refractivity contribution in [2.45, 2.75) is 219 Å². The highest BCUT2D eigenvalue weighted by Gasteiger charge is 2.19. The molecule has 0 heterocycles. The minimum Gasteiger partial charge on any atom is -0.462 e. The Morgan fingerprint density at radius 2 is 0.652 bits per heavy atom. The SMILES string of the molecule is CC\C=C/C=C\C=C/C=C\C=C\C=C/C=C\CCCCCC(=O)OCC(COC(=O)CCCCCCCCCCCCCCCCC)OC(=O)CCC/C=C\C/C=C\C/C=C\C/C=C\C/C=C\CC. The Bertz CT molecular complexity index is 1560. The van der Waals surface area contributed by atoms with Crippen molar-refractivity contribution in [1.29, 1.82) is 0 Å². The van der Waals surface area contributed by atoms with Gasteiger partial charge in [0.05, 0.1) is 0 Å². The predicted molar refractivity (Wildman–Crippen MR) is 297 cm³/mol. The Balaban J connectivity index is 4.60. The molecule has 0 amide bonds. The van der Waals surface area contributed by atoms with Crippen molar-refractivity contribution >= 4 is 17.9 Å². The van der Waals surface area contributed by atoms with Gasteiger partial charge in [0.1, 0.15) is 13.2 Å². The minimum atomic E-state index is -0.832. The monoisotopic (exact) mass is 951 g/mol. The zero-order valence-electron chi connectivity index (χ0n) is 44.0. The average Bonchev–Trinajstić information content (AvgIpc) is 3.35. The van der Waals surface area contributed by atoms with Crippen LogP contribution in [0.25, 0.3) is 0 Å². The topological polar surface area (TPSA) is 78.9 Å². The number of hydrogen-bond acceptors (Lipinski definition) is 6. The van der Waals surface area contributed by atoms with Crippen LogP contribution in [0.3, 0.4) is 0 Å². The molecule has 0 aliphatic rings. The van der Waals surface area contributed by atoms with Crippen LogP contribution in [0.5, 0.6) is 0 Å². The summed E-state index contributed by atoms with van der Waals surface area (Å²) < 4.78 is 16.8. The van der Waals surface area contributed by atoms with E-state index in [1.54, 1.807) is 0 Å². The fourth-order valence-electron chi connectivity index (χ4n) is 6.99. The number of ether oxygens (including phenoxy) is 3. The molecule has 0 fully saturated rings. The van der Waals surface area contributed by atoms with Crippen LogP contribution >= 0.6 is 0 Å². The zero-order chi connectivity index (χ0) is 50.0. The molecule has 0 aromatic heterocycles. The van der Waals surface area contributed by atoms with E-state index in [-0.39, 0.29) is 44.0 Å². The second kappa shape index (κ2) is 55.9. The van der Waals surface area contributed by atoms with Crippen molar-refractivity contribution in [3.05, 3.63) is 146 Å². The van der Waals surface area contributed by atoms with Gasteiger partial charge in [-0.1, -0.05) is 263 Å². The third kappa shape index (κ3) is 54.1. The lowest BCUT2D eigenvalue weighted by molar-refractivity contribution is -0.167. The van der Waals surface area contributed by atoms with Crippen molar-refractivity contribution in [2.24, 2.45) is 0 Å². The number of carbonyl (C=O) groups excluding carboxylic acids is 3. The first kappa shape index (κ1) is 64.3. The summed E-state index contributed by atoms with van der Waals surface area (Å²) >= 11 is 0. The first-order valence-electron chi connectivity index (χ1n) is 27.4. The smallest absolute Gasteiger partial charge is 0.306 e. The summed E-state index contributed by atoms with van der Waals surface area (Å²) in [5.74, 6) is -1.03. The first-order valence-corrected chi connectivity index (χ1v) is 27.4. The van der Waals surface area contributed by atoms with Crippen LogP contribution in [-0.4, -0.2) is 37.2 Å². The van der Waals surface area contributed by atoms with Gasteiger partial charge in [0.25, 0.3) is 0 Å². The molecule has 1 unspecified atom stereocenters. The van der Waals surface area contributed by atoms with E-state index in [9.17, 15) is 14.4 Å². The molecule has 1 atom stereocenters. The number of carbonyl (C=O) groups is 3. The molecule has 386 valence electrons. The molecule has 0 aliphatic carbocycles. The van der Waals surface area contributed by atoms with Crippen LogP contribution in [0.4, 0.5) is 0 Å². The summed E-state index contributed by atoms with van der Waals surface area (Å²) in [5, 5.41) is 0. The summed E-state index contributed by atoms with van der Waals surface area (Å²) in [6.07, 6.45) is 79.7. The molecule has 0 rings (SSSR count). The molecule has 0 aromatic carbocycles. The summed E-state index contributed by atoms with van der Waals surface area (Å²) in [6.45, 7) is 6.28. The normalized spacial score (nSPS) is 13.3. The van der Waals surface area contributed by atoms with Gasteiger partial charge >= 0.3 is 17.9 Å². The second-order valence-electron chi connectivity index (χ2n) is 17.6. The fraction of sp³-hybridized carbons (Fsp3) is 0.571. The lowest BCUT2D eigenvalue weighted by atomic mass is 10.0. The third-order valence-corrected chi connectivity index (χ3v) is 11.0. The van der Waals surface area contributed by atoms with Gasteiger partial charge in [-0.15, -0.1) is 0 Å². The van der Waals surface area contributed by atoms with Crippen LogP contribution in [0.2, 0.25) is 0 Å². The largest absolute Gasteiger partial charge is 0.462 e. The van der Waals surface area contributed by atoms with Gasteiger partial charge in [0, 0.05) is 19.3 Å². The van der Waals surface area contributed by atoms with E-state index in [0.29, 0.717) is 19.3 Å². The average molecular weight is 951 g/mol. The van der Waals surface area contributed by atoms with Gasteiger partial charge < -0.3 is 14.2 Å². The van der Waals surface area contributed by atoms with E-state index in [0.717, 1.165) is 83.5 Å². The molecule has 0 aromatic rings. The van der Waals surface area contributed by atoms with Crippen LogP contribution < -0.4 is 0 Å². The van der Waals surface area contributed by atoms with Gasteiger partial charge in [0.2, 0.25) is 0 Å². The Hall–Kier alpha value is -4.71. The van der Waals surface area contributed by atoms with Crippen molar-refractivity contribution in [2.75, 3.05) is 13.2 Å². The number of esters is 3. The van der Waals surface area contributed by atoms with Gasteiger partial charge in [0.15, 0.2) is 6.10 Å². The highest BCUT2D eigenvalue weighted by Crippen LogP contribution is 2.15. The maximum atomic E-state index is 12.8. The Labute approximate surface area is 423 Å². The van der Waals surface area contributed by atoms with E-state index in [4.69, 9.17) is 14.2 Å². The van der Waals surface area contributed by atoms with Crippen molar-refractivity contribution in [3.8, 4) is 0 Å². The summed E-state index contributed by atoms with van der Waals surface area (Å²) in [7, 11) is 0. The Morgan fingerprint density at radius 1 is 0.319 bits per heavy atom. The number of rotatable bonds is 47. The Morgan fingerprint density at radius 3 is 1.09 bits per heavy atom. The third-order valence-electron chi connectivity index (χ3n) is 11.0. The lowest BCUT2D eigenvalue weighted by Crippen LogP contribution is -2.30. The number of allylic oxidation sites excluding steroid dienone is 24. The van der Waals surface area contributed by atoms with Gasteiger partial charge in [-0.2, -0.15) is 0 Å². The highest BCUT2D eigenvalue weighted by atomic mass is 16.6. The molecule has 0 saturated heterocycles. The first-order chi connectivity index (χ1) is 34.0. The maximum Gasteiger partial charge on any atom is 0.306 e.